The van der Waals surface area contributed by atoms with Gasteiger partial charge in [0.05, 0.1) is 6.26 Å². The number of hydrogen-bond donors (Lipinski definition) is 1. The first kappa shape index (κ1) is 11.5. The number of aliphatic hydroxyl groups excluding tert-OH is 1. The molecular weight excluding hydrogens is 152 g/mol. The summed E-state index contributed by atoms with van der Waals surface area (Å²) in [6.45, 7) is 5.57. The third kappa shape index (κ3) is 7.61. The number of unbranched alkanes of at least 4 members (excludes halogenated alkanes) is 4. The summed E-state index contributed by atoms with van der Waals surface area (Å²) in [7, 11) is 0. The molecule has 1 unspecified atom stereocenters. The van der Waals surface area contributed by atoms with E-state index in [4.69, 9.17) is 9.84 Å². The molecule has 0 bridgehead atoms. The predicted molar refractivity (Wildman–Crippen MR) is 50.7 cm³/mol. The highest BCUT2D eigenvalue weighted by Crippen LogP contribution is 2.07. The second-order valence-electron chi connectivity index (χ2n) is 2.96. The third-order valence-corrected chi connectivity index (χ3v) is 1.81. The van der Waals surface area contributed by atoms with Crippen molar-refractivity contribution in [3.05, 3.63) is 12.8 Å². The van der Waals surface area contributed by atoms with Crippen molar-refractivity contribution in [3.8, 4) is 0 Å². The molecule has 1 atom stereocenters. The molecule has 0 amide bonds. The van der Waals surface area contributed by atoms with Crippen LogP contribution in [0.15, 0.2) is 12.8 Å². The predicted octanol–water partition coefficient (Wildman–Crippen LogP) is 2.83. The molecule has 2 nitrogen and oxygen atoms in total. The summed E-state index contributed by atoms with van der Waals surface area (Å²) in [5.74, 6) is 0. The lowest BCUT2D eigenvalue weighted by Gasteiger charge is -2.08. The summed E-state index contributed by atoms with van der Waals surface area (Å²) in [6.07, 6.45) is 7.39. The molecule has 0 saturated carbocycles. The quantitative estimate of drug-likeness (QED) is 0.346. The van der Waals surface area contributed by atoms with Crippen LogP contribution in [-0.2, 0) is 4.74 Å². The van der Waals surface area contributed by atoms with Gasteiger partial charge in [-0.3, -0.25) is 0 Å². The van der Waals surface area contributed by atoms with Crippen molar-refractivity contribution in [1.29, 1.82) is 0 Å². The minimum atomic E-state index is -0.649. The van der Waals surface area contributed by atoms with Crippen LogP contribution in [0.4, 0.5) is 0 Å². The van der Waals surface area contributed by atoms with Crippen LogP contribution in [0.3, 0.4) is 0 Å². The zero-order valence-corrected chi connectivity index (χ0v) is 7.96. The van der Waals surface area contributed by atoms with Gasteiger partial charge in [-0.2, -0.15) is 0 Å². The minimum Gasteiger partial charge on any atom is -0.473 e. The molecule has 0 aliphatic rings. The first-order chi connectivity index (χ1) is 5.81. The normalized spacial score (nSPS) is 12.5. The second kappa shape index (κ2) is 8.60. The Hall–Kier alpha value is -0.500. The lowest BCUT2D eigenvalue weighted by molar-refractivity contribution is -0.0569. The highest BCUT2D eigenvalue weighted by atomic mass is 16.6. The van der Waals surface area contributed by atoms with E-state index in [9.17, 15) is 0 Å². The van der Waals surface area contributed by atoms with Crippen molar-refractivity contribution in [2.75, 3.05) is 0 Å². The summed E-state index contributed by atoms with van der Waals surface area (Å²) in [4.78, 5) is 0. The SMILES string of the molecule is C=COC(O)CCCCCCC. The van der Waals surface area contributed by atoms with Gasteiger partial charge in [0.15, 0.2) is 6.29 Å². The molecule has 0 aliphatic heterocycles. The van der Waals surface area contributed by atoms with Crippen LogP contribution in [0.5, 0.6) is 0 Å². The van der Waals surface area contributed by atoms with E-state index < -0.39 is 6.29 Å². The van der Waals surface area contributed by atoms with E-state index in [0.29, 0.717) is 0 Å². The molecule has 0 rings (SSSR count). The summed E-state index contributed by atoms with van der Waals surface area (Å²) >= 11 is 0. The lowest BCUT2D eigenvalue weighted by atomic mass is 10.1. The van der Waals surface area contributed by atoms with Crippen molar-refractivity contribution >= 4 is 0 Å². The van der Waals surface area contributed by atoms with Crippen molar-refractivity contribution < 1.29 is 9.84 Å². The monoisotopic (exact) mass is 172 g/mol. The Kier molecular flexibility index (Phi) is 8.24. The van der Waals surface area contributed by atoms with Crippen LogP contribution < -0.4 is 0 Å². The Morgan fingerprint density at radius 2 is 2.00 bits per heavy atom. The van der Waals surface area contributed by atoms with Crippen LogP contribution in [-0.4, -0.2) is 11.4 Å². The van der Waals surface area contributed by atoms with Gasteiger partial charge in [-0.05, 0) is 6.42 Å². The van der Waals surface area contributed by atoms with Gasteiger partial charge < -0.3 is 9.84 Å². The largest absolute Gasteiger partial charge is 0.473 e. The van der Waals surface area contributed by atoms with Crippen LogP contribution in [0.1, 0.15) is 45.4 Å². The van der Waals surface area contributed by atoms with Gasteiger partial charge in [-0.15, -0.1) is 0 Å². The molecule has 2 heteroatoms. The number of hydrogen-bond acceptors (Lipinski definition) is 2. The second-order valence-corrected chi connectivity index (χ2v) is 2.96. The molecule has 0 heterocycles. The summed E-state index contributed by atoms with van der Waals surface area (Å²) < 4.78 is 4.77. The maximum atomic E-state index is 9.11. The van der Waals surface area contributed by atoms with Gasteiger partial charge in [0.25, 0.3) is 0 Å². The molecule has 0 aliphatic carbocycles. The summed E-state index contributed by atoms with van der Waals surface area (Å²) in [5, 5.41) is 9.11. The molecule has 1 N–H and O–H groups in total. The van der Waals surface area contributed by atoms with Crippen LogP contribution in [0.25, 0.3) is 0 Å². The number of ether oxygens (including phenoxy) is 1. The lowest BCUT2D eigenvalue weighted by Crippen LogP contribution is -2.07. The van der Waals surface area contributed by atoms with E-state index >= 15 is 0 Å². The highest BCUT2D eigenvalue weighted by Gasteiger charge is 2.00. The van der Waals surface area contributed by atoms with Crippen LogP contribution in [0.2, 0.25) is 0 Å². The van der Waals surface area contributed by atoms with E-state index in [1.807, 2.05) is 0 Å². The fourth-order valence-electron chi connectivity index (χ4n) is 1.10. The summed E-state index contributed by atoms with van der Waals surface area (Å²) in [5.41, 5.74) is 0. The fourth-order valence-corrected chi connectivity index (χ4v) is 1.10. The van der Waals surface area contributed by atoms with E-state index in [1.165, 1.54) is 31.9 Å². The molecule has 0 aromatic rings. The zero-order valence-electron chi connectivity index (χ0n) is 7.96. The number of rotatable bonds is 8. The third-order valence-electron chi connectivity index (χ3n) is 1.81. The van der Waals surface area contributed by atoms with E-state index in [1.54, 1.807) is 0 Å². The maximum absolute atomic E-state index is 9.11. The van der Waals surface area contributed by atoms with Gasteiger partial charge in [0.1, 0.15) is 0 Å². The Morgan fingerprint density at radius 3 is 2.58 bits per heavy atom. The minimum absolute atomic E-state index is 0.649. The molecule has 0 spiro atoms. The standard InChI is InChI=1S/C10H20O2/c1-3-5-6-7-8-9-10(11)12-4-2/h4,10-11H,2-3,5-9H2,1H3. The van der Waals surface area contributed by atoms with Gasteiger partial charge in [-0.25, -0.2) is 0 Å². The highest BCUT2D eigenvalue weighted by molar-refractivity contribution is 4.53. The molecule has 0 radical (unpaired) electrons. The number of aliphatic hydroxyl groups is 1. The van der Waals surface area contributed by atoms with E-state index in [2.05, 4.69) is 13.5 Å². The van der Waals surface area contributed by atoms with Crippen molar-refractivity contribution in [1.82, 2.24) is 0 Å². The molecular formula is C10H20O2. The van der Waals surface area contributed by atoms with E-state index in [-0.39, 0.29) is 0 Å². The van der Waals surface area contributed by atoms with Crippen molar-refractivity contribution in [2.45, 2.75) is 51.7 Å². The topological polar surface area (TPSA) is 29.5 Å². The average Bonchev–Trinajstić information content (AvgIpc) is 2.05. The molecule has 72 valence electrons. The Bertz CT molecular complexity index is 102. The fraction of sp³-hybridized carbons (Fsp3) is 0.800. The first-order valence-electron chi connectivity index (χ1n) is 4.75. The Balaban J connectivity index is 3.02. The van der Waals surface area contributed by atoms with Crippen LogP contribution >= 0.6 is 0 Å². The van der Waals surface area contributed by atoms with Gasteiger partial charge in [0.2, 0.25) is 0 Å². The van der Waals surface area contributed by atoms with Gasteiger partial charge in [0, 0.05) is 6.42 Å². The first-order valence-corrected chi connectivity index (χ1v) is 4.75. The summed E-state index contributed by atoms with van der Waals surface area (Å²) in [6, 6.07) is 0. The molecule has 12 heavy (non-hydrogen) atoms. The molecule has 0 aromatic heterocycles. The van der Waals surface area contributed by atoms with Gasteiger partial charge in [-0.1, -0.05) is 39.2 Å². The van der Waals surface area contributed by atoms with E-state index in [0.717, 1.165) is 12.8 Å². The molecule has 0 saturated heterocycles. The average molecular weight is 172 g/mol. The van der Waals surface area contributed by atoms with Crippen LogP contribution in [0, 0.1) is 0 Å². The van der Waals surface area contributed by atoms with Crippen molar-refractivity contribution in [2.24, 2.45) is 0 Å². The molecule has 0 aromatic carbocycles. The smallest absolute Gasteiger partial charge is 0.196 e. The maximum Gasteiger partial charge on any atom is 0.196 e. The van der Waals surface area contributed by atoms with Crippen molar-refractivity contribution in [3.63, 3.8) is 0 Å². The Morgan fingerprint density at radius 1 is 1.33 bits per heavy atom. The Labute approximate surface area is 75.2 Å². The zero-order chi connectivity index (χ0) is 9.23. The van der Waals surface area contributed by atoms with Gasteiger partial charge >= 0.3 is 0 Å². The molecule has 0 fully saturated rings.